The number of carbonyl (C=O) groups is 2. The van der Waals surface area contributed by atoms with Crippen LogP contribution in [0.3, 0.4) is 0 Å². The number of Topliss-reactive ketones (excluding diaryl/α,β-unsaturated/α-hetero) is 1. The summed E-state index contributed by atoms with van der Waals surface area (Å²) in [5, 5.41) is 8.65. The monoisotopic (exact) mass is 388 g/mol. The molecule has 0 aliphatic heterocycles. The summed E-state index contributed by atoms with van der Waals surface area (Å²) in [6.45, 7) is 1.47. The van der Waals surface area contributed by atoms with Gasteiger partial charge >= 0.3 is 6.03 Å². The first-order valence-corrected chi connectivity index (χ1v) is 9.25. The van der Waals surface area contributed by atoms with E-state index >= 15 is 0 Å². The first-order chi connectivity index (χ1) is 14.0. The van der Waals surface area contributed by atoms with Crippen LogP contribution in [0.2, 0.25) is 0 Å². The zero-order valence-corrected chi connectivity index (χ0v) is 15.8. The van der Waals surface area contributed by atoms with Crippen molar-refractivity contribution in [2.45, 2.75) is 25.8 Å². The zero-order chi connectivity index (χ0) is 20.5. The summed E-state index contributed by atoms with van der Waals surface area (Å²) in [7, 11) is 0. The molecule has 0 spiro atoms. The number of amides is 2. The van der Waals surface area contributed by atoms with Crippen LogP contribution in [-0.4, -0.2) is 43.5 Å². The molecule has 4 N–H and O–H groups in total. The first kappa shape index (κ1) is 18.5. The molecule has 0 saturated heterocycles. The lowest BCUT2D eigenvalue weighted by Gasteiger charge is -2.20. The summed E-state index contributed by atoms with van der Waals surface area (Å²) in [6.07, 6.45) is 4.69. The number of imidazole rings is 1. The minimum Gasteiger partial charge on any atom is -0.351 e. The maximum absolute atomic E-state index is 12.0. The van der Waals surface area contributed by atoms with Gasteiger partial charge in [-0.15, -0.1) is 0 Å². The lowest BCUT2D eigenvalue weighted by Crippen LogP contribution is -2.42. The van der Waals surface area contributed by atoms with Crippen LogP contribution in [-0.2, 0) is 0 Å². The number of ketones is 1. The van der Waals surface area contributed by atoms with Gasteiger partial charge < -0.3 is 10.7 Å². The third-order valence-electron chi connectivity index (χ3n) is 4.80. The molecule has 0 unspecified atom stereocenters. The van der Waals surface area contributed by atoms with Crippen LogP contribution in [0.4, 0.5) is 4.79 Å². The van der Waals surface area contributed by atoms with Gasteiger partial charge in [-0.1, -0.05) is 30.3 Å². The van der Waals surface area contributed by atoms with Gasteiger partial charge in [0.2, 0.25) is 0 Å². The normalized spacial score (nSPS) is 13.1. The maximum atomic E-state index is 12.0. The average Bonchev–Trinajstić information content (AvgIpc) is 3.44. The number of aromatic nitrogens is 3. The Labute approximate surface area is 167 Å². The van der Waals surface area contributed by atoms with Crippen molar-refractivity contribution >= 4 is 17.6 Å². The number of urea groups is 1. The Kier molecular flexibility index (Phi) is 4.67. The number of aromatic amines is 1. The average molecular weight is 388 g/mol. The second kappa shape index (κ2) is 7.31. The number of hydrogen-bond donors (Lipinski definition) is 3. The number of benzene rings is 1. The number of hydrogen-bond acceptors (Lipinski definition) is 5. The van der Waals surface area contributed by atoms with Crippen molar-refractivity contribution in [3.63, 3.8) is 0 Å². The first-order valence-electron chi connectivity index (χ1n) is 9.25. The second-order valence-electron chi connectivity index (χ2n) is 6.98. The number of nitrogens with one attached hydrogen (secondary N) is 2. The number of primary amides is 1. The predicted octanol–water partition coefficient (Wildman–Crippen LogP) is 3.21. The number of nitrogens with zero attached hydrogens (tertiary/aromatic N) is 3. The van der Waals surface area contributed by atoms with Gasteiger partial charge in [-0.2, -0.15) is 0 Å². The standard InChI is InChI=1S/C21H20N6O2/c1-12(28)14-9-15(11-24-10-14)17-18(19(22)27(21(23)29)16-7-8-16)26-20(25-17)13-5-3-2-4-6-13/h2-6,9-11,16,22H,7-8H2,1H3,(H2,23,29)(H,25,26). The quantitative estimate of drug-likeness (QED) is 0.352. The van der Waals surface area contributed by atoms with Gasteiger partial charge in [0.05, 0.1) is 5.69 Å². The van der Waals surface area contributed by atoms with E-state index in [-0.39, 0.29) is 23.4 Å². The van der Waals surface area contributed by atoms with E-state index in [4.69, 9.17) is 11.1 Å². The topological polar surface area (TPSA) is 129 Å². The highest BCUT2D eigenvalue weighted by molar-refractivity contribution is 6.08. The van der Waals surface area contributed by atoms with Gasteiger partial charge in [-0.3, -0.25) is 20.1 Å². The molecule has 0 bridgehead atoms. The molecule has 2 amide bonds. The Hall–Kier alpha value is -3.81. The van der Waals surface area contributed by atoms with Crippen LogP contribution in [0.15, 0.2) is 48.8 Å². The van der Waals surface area contributed by atoms with Crippen molar-refractivity contribution in [3.05, 3.63) is 60.0 Å². The molecule has 8 nitrogen and oxygen atoms in total. The molecular weight excluding hydrogens is 368 g/mol. The Morgan fingerprint density at radius 3 is 2.52 bits per heavy atom. The number of nitrogens with two attached hydrogens (primary N) is 1. The number of rotatable bonds is 5. The van der Waals surface area contributed by atoms with Crippen LogP contribution in [0.1, 0.15) is 35.8 Å². The minimum atomic E-state index is -0.677. The molecule has 2 aromatic heterocycles. The van der Waals surface area contributed by atoms with Crippen molar-refractivity contribution in [2.75, 3.05) is 0 Å². The fourth-order valence-corrected chi connectivity index (χ4v) is 3.17. The van der Waals surface area contributed by atoms with Crippen molar-refractivity contribution in [1.82, 2.24) is 19.9 Å². The van der Waals surface area contributed by atoms with Gasteiger partial charge in [0.15, 0.2) is 11.6 Å². The Bertz CT molecular complexity index is 1100. The van der Waals surface area contributed by atoms with Crippen molar-refractivity contribution in [3.8, 4) is 22.6 Å². The number of H-pyrrole nitrogens is 1. The van der Waals surface area contributed by atoms with Crippen LogP contribution in [0, 0.1) is 5.41 Å². The molecule has 2 heterocycles. The highest BCUT2D eigenvalue weighted by Gasteiger charge is 2.36. The SMILES string of the molecule is CC(=O)c1cncc(-c2[nH]c(-c3ccccc3)nc2C(=N)N(C(N)=O)C2CC2)c1. The number of carbonyl (C=O) groups excluding carboxylic acids is 2. The van der Waals surface area contributed by atoms with Gasteiger partial charge in [-0.05, 0) is 25.8 Å². The van der Waals surface area contributed by atoms with Crippen molar-refractivity contribution in [2.24, 2.45) is 5.73 Å². The fraction of sp³-hybridized carbons (Fsp3) is 0.190. The molecule has 4 rings (SSSR count). The van der Waals surface area contributed by atoms with Crippen molar-refractivity contribution in [1.29, 1.82) is 5.41 Å². The molecule has 29 heavy (non-hydrogen) atoms. The summed E-state index contributed by atoms with van der Waals surface area (Å²) in [5.41, 5.74) is 8.22. The Morgan fingerprint density at radius 2 is 1.90 bits per heavy atom. The van der Waals surface area contributed by atoms with Crippen molar-refractivity contribution < 1.29 is 9.59 Å². The van der Waals surface area contributed by atoms with Crippen LogP contribution in [0.5, 0.6) is 0 Å². The van der Waals surface area contributed by atoms with E-state index in [1.165, 1.54) is 18.0 Å². The van der Waals surface area contributed by atoms with Crippen LogP contribution >= 0.6 is 0 Å². The largest absolute Gasteiger partial charge is 0.351 e. The van der Waals surface area contributed by atoms with E-state index < -0.39 is 6.03 Å². The zero-order valence-electron chi connectivity index (χ0n) is 15.8. The van der Waals surface area contributed by atoms with Gasteiger partial charge in [0.1, 0.15) is 11.5 Å². The second-order valence-corrected chi connectivity index (χ2v) is 6.98. The van der Waals surface area contributed by atoms with Crippen LogP contribution < -0.4 is 5.73 Å². The number of pyridine rings is 1. The summed E-state index contributed by atoms with van der Waals surface area (Å²) < 4.78 is 0. The highest BCUT2D eigenvalue weighted by atomic mass is 16.2. The summed E-state index contributed by atoms with van der Waals surface area (Å²) in [5.74, 6) is 0.367. The van der Waals surface area contributed by atoms with Gasteiger partial charge in [-0.25, -0.2) is 9.78 Å². The molecule has 1 aromatic carbocycles. The van der Waals surface area contributed by atoms with E-state index in [0.29, 0.717) is 22.6 Å². The smallest absolute Gasteiger partial charge is 0.320 e. The fourth-order valence-electron chi connectivity index (χ4n) is 3.17. The Morgan fingerprint density at radius 1 is 1.17 bits per heavy atom. The molecule has 1 aliphatic carbocycles. The molecule has 146 valence electrons. The predicted molar refractivity (Wildman–Crippen MR) is 109 cm³/mol. The molecule has 1 aliphatic rings. The summed E-state index contributed by atoms with van der Waals surface area (Å²) in [6, 6.07) is 10.4. The van der Waals surface area contributed by atoms with E-state index in [2.05, 4.69) is 15.0 Å². The van der Waals surface area contributed by atoms with Crippen LogP contribution in [0.25, 0.3) is 22.6 Å². The highest BCUT2D eigenvalue weighted by Crippen LogP contribution is 2.32. The molecule has 3 aromatic rings. The third kappa shape index (κ3) is 3.64. The lowest BCUT2D eigenvalue weighted by atomic mass is 10.1. The van der Waals surface area contributed by atoms with Gasteiger partial charge in [0.25, 0.3) is 0 Å². The lowest BCUT2D eigenvalue weighted by molar-refractivity contribution is 0.101. The number of amidine groups is 1. The molecule has 1 saturated carbocycles. The van der Waals surface area contributed by atoms with E-state index in [9.17, 15) is 9.59 Å². The molecule has 1 fully saturated rings. The Balaban J connectivity index is 1.85. The summed E-state index contributed by atoms with van der Waals surface area (Å²) in [4.78, 5) is 37.0. The van der Waals surface area contributed by atoms with E-state index in [1.54, 1.807) is 12.3 Å². The minimum absolute atomic E-state index is 0.0679. The molecule has 8 heteroatoms. The third-order valence-corrected chi connectivity index (χ3v) is 4.80. The maximum Gasteiger partial charge on any atom is 0.320 e. The van der Waals surface area contributed by atoms with E-state index in [0.717, 1.165) is 18.4 Å². The van der Waals surface area contributed by atoms with Gasteiger partial charge in [0, 0.05) is 35.1 Å². The molecule has 0 atom stereocenters. The molecule has 0 radical (unpaired) electrons. The summed E-state index contributed by atoms with van der Waals surface area (Å²) >= 11 is 0. The van der Waals surface area contributed by atoms with E-state index in [1.807, 2.05) is 30.3 Å². The molecular formula is C21H20N6O2.